The van der Waals surface area contributed by atoms with Crippen LogP contribution in [-0.2, 0) is 0 Å². The summed E-state index contributed by atoms with van der Waals surface area (Å²) in [6, 6.07) is 8.17. The average Bonchev–Trinajstić information content (AvgIpc) is 2.71. The van der Waals surface area contributed by atoms with Crippen LogP contribution in [0.3, 0.4) is 0 Å². The highest BCUT2D eigenvalue weighted by Crippen LogP contribution is 2.35. The van der Waals surface area contributed by atoms with E-state index >= 15 is 0 Å². The van der Waals surface area contributed by atoms with Crippen LogP contribution in [0.2, 0.25) is 0 Å². The number of amides is 2. The quantitative estimate of drug-likeness (QED) is 0.869. The van der Waals surface area contributed by atoms with Crippen LogP contribution in [0.5, 0.6) is 0 Å². The summed E-state index contributed by atoms with van der Waals surface area (Å²) in [7, 11) is 0. The van der Waals surface area contributed by atoms with E-state index in [2.05, 4.69) is 10.2 Å². The van der Waals surface area contributed by atoms with Crippen molar-refractivity contribution in [2.24, 2.45) is 0 Å². The number of fused-ring (bicyclic) bond motifs is 2. The zero-order valence-corrected chi connectivity index (χ0v) is 15.5. The number of halogens is 2. The molecule has 1 N–H and O–H groups in total. The highest BCUT2D eigenvalue weighted by atomic mass is 19.2. The van der Waals surface area contributed by atoms with Gasteiger partial charge in [0.2, 0.25) is 0 Å². The Balaban J connectivity index is 1.65. The molecule has 1 saturated heterocycles. The van der Waals surface area contributed by atoms with Gasteiger partial charge in [0.15, 0.2) is 11.6 Å². The number of hydrogen-bond acceptors (Lipinski definition) is 3. The molecule has 1 atom stereocenters. The summed E-state index contributed by atoms with van der Waals surface area (Å²) < 4.78 is 26.5. The second-order valence-electron chi connectivity index (χ2n) is 7.08. The number of nitrogens with zero attached hydrogens (tertiary/aromatic N) is 2. The van der Waals surface area contributed by atoms with Gasteiger partial charge in [-0.05, 0) is 56.5 Å². The van der Waals surface area contributed by atoms with Crippen molar-refractivity contribution in [3.8, 4) is 0 Å². The van der Waals surface area contributed by atoms with Crippen LogP contribution in [0.1, 0.15) is 46.9 Å². The monoisotopic (exact) mass is 385 g/mol. The summed E-state index contributed by atoms with van der Waals surface area (Å²) in [5.74, 6) is -2.44. The van der Waals surface area contributed by atoms with Gasteiger partial charge in [-0.15, -0.1) is 0 Å². The first-order chi connectivity index (χ1) is 13.5. The van der Waals surface area contributed by atoms with Crippen molar-refractivity contribution < 1.29 is 18.4 Å². The number of carbonyl (C=O) groups is 2. The van der Waals surface area contributed by atoms with Gasteiger partial charge in [-0.2, -0.15) is 0 Å². The molecule has 0 saturated carbocycles. The number of benzene rings is 2. The summed E-state index contributed by atoms with van der Waals surface area (Å²) in [5, 5.41) is 2.57. The molecule has 0 radical (unpaired) electrons. The number of hydrogen-bond donors (Lipinski definition) is 1. The topological polar surface area (TPSA) is 52.7 Å². The van der Waals surface area contributed by atoms with Gasteiger partial charge in [0.1, 0.15) is 6.17 Å². The Labute approximate surface area is 161 Å². The Morgan fingerprint density at radius 1 is 1.14 bits per heavy atom. The molecule has 2 aromatic carbocycles. The van der Waals surface area contributed by atoms with Gasteiger partial charge in [-0.25, -0.2) is 8.78 Å². The number of rotatable bonds is 3. The van der Waals surface area contributed by atoms with E-state index in [1.165, 1.54) is 6.07 Å². The maximum absolute atomic E-state index is 13.4. The maximum Gasteiger partial charge on any atom is 0.257 e. The number of anilines is 2. The van der Waals surface area contributed by atoms with E-state index in [-0.39, 0.29) is 17.8 Å². The van der Waals surface area contributed by atoms with Crippen LogP contribution in [0, 0.1) is 11.6 Å². The summed E-state index contributed by atoms with van der Waals surface area (Å²) in [5.41, 5.74) is 1.86. The van der Waals surface area contributed by atoms with Crippen molar-refractivity contribution in [1.29, 1.82) is 0 Å². The van der Waals surface area contributed by atoms with Gasteiger partial charge in [-0.1, -0.05) is 0 Å². The number of piperidine rings is 1. The Morgan fingerprint density at radius 2 is 1.96 bits per heavy atom. The lowest BCUT2D eigenvalue weighted by Gasteiger charge is -2.47. The third-order valence-electron chi connectivity index (χ3n) is 5.41. The standard InChI is InChI=1S/C21H21F2N3O2/c1-2-25-18-11-13(20(27)24-14-7-9-16(22)17(23)12-14)6-8-15(18)21(28)26-10-4-3-5-19(25)26/h6-9,11-12,19H,2-5,10H2,1H3,(H,24,27). The highest BCUT2D eigenvalue weighted by Gasteiger charge is 2.38. The Hall–Kier alpha value is -2.96. The van der Waals surface area contributed by atoms with Crippen LogP contribution in [0.4, 0.5) is 20.2 Å². The van der Waals surface area contributed by atoms with Crippen LogP contribution in [0.15, 0.2) is 36.4 Å². The summed E-state index contributed by atoms with van der Waals surface area (Å²) in [4.78, 5) is 29.6. The number of nitrogens with one attached hydrogen (secondary N) is 1. The Bertz CT molecular complexity index is 947. The van der Waals surface area contributed by atoms with Gasteiger partial charge in [-0.3, -0.25) is 9.59 Å². The van der Waals surface area contributed by atoms with Gasteiger partial charge in [0.25, 0.3) is 11.8 Å². The minimum Gasteiger partial charge on any atom is -0.351 e. The summed E-state index contributed by atoms with van der Waals surface area (Å²) >= 11 is 0. The predicted molar refractivity (Wildman–Crippen MR) is 102 cm³/mol. The highest BCUT2D eigenvalue weighted by molar-refractivity contribution is 6.08. The van der Waals surface area contributed by atoms with E-state index < -0.39 is 17.5 Å². The lowest BCUT2D eigenvalue weighted by molar-refractivity contribution is 0.0582. The normalized spacial score (nSPS) is 18.5. The molecule has 146 valence electrons. The molecule has 2 aromatic rings. The van der Waals surface area contributed by atoms with E-state index in [0.717, 1.165) is 50.2 Å². The Morgan fingerprint density at radius 3 is 2.71 bits per heavy atom. The predicted octanol–water partition coefficient (Wildman–Crippen LogP) is 4.01. The molecule has 4 rings (SSSR count). The molecule has 1 unspecified atom stereocenters. The van der Waals surface area contributed by atoms with Crippen LogP contribution in [-0.4, -0.2) is 36.0 Å². The molecule has 2 amide bonds. The van der Waals surface area contributed by atoms with E-state index in [1.807, 2.05) is 11.8 Å². The van der Waals surface area contributed by atoms with Crippen molar-refractivity contribution in [3.05, 3.63) is 59.2 Å². The maximum atomic E-state index is 13.4. The fourth-order valence-electron chi connectivity index (χ4n) is 4.04. The van der Waals surface area contributed by atoms with Crippen LogP contribution in [0.25, 0.3) is 0 Å². The third kappa shape index (κ3) is 3.10. The van der Waals surface area contributed by atoms with E-state index in [0.29, 0.717) is 11.1 Å². The molecule has 2 aliphatic heterocycles. The first-order valence-corrected chi connectivity index (χ1v) is 9.47. The molecule has 0 aliphatic carbocycles. The molecule has 0 aromatic heterocycles. The summed E-state index contributed by atoms with van der Waals surface area (Å²) in [6.45, 7) is 3.49. The van der Waals surface area contributed by atoms with Crippen molar-refractivity contribution in [2.75, 3.05) is 23.3 Å². The molecule has 28 heavy (non-hydrogen) atoms. The SMILES string of the molecule is CCN1c2cc(C(=O)Nc3ccc(F)c(F)c3)ccc2C(=O)N2CCCCC21. The molecular formula is C21H21F2N3O2. The van der Waals surface area contributed by atoms with E-state index in [9.17, 15) is 18.4 Å². The van der Waals surface area contributed by atoms with Gasteiger partial charge >= 0.3 is 0 Å². The summed E-state index contributed by atoms with van der Waals surface area (Å²) in [6.07, 6.45) is 2.99. The smallest absolute Gasteiger partial charge is 0.257 e. The molecule has 7 heteroatoms. The molecule has 1 fully saturated rings. The lowest BCUT2D eigenvalue weighted by atomic mass is 9.97. The fourth-order valence-corrected chi connectivity index (χ4v) is 4.04. The largest absolute Gasteiger partial charge is 0.351 e. The van der Waals surface area contributed by atoms with Gasteiger partial charge in [0, 0.05) is 30.4 Å². The average molecular weight is 385 g/mol. The first kappa shape index (κ1) is 18.4. The van der Waals surface area contributed by atoms with E-state index in [1.54, 1.807) is 18.2 Å². The van der Waals surface area contributed by atoms with Crippen LogP contribution < -0.4 is 10.2 Å². The van der Waals surface area contributed by atoms with Crippen molar-refractivity contribution in [3.63, 3.8) is 0 Å². The second-order valence-corrected chi connectivity index (χ2v) is 7.08. The molecule has 2 aliphatic rings. The van der Waals surface area contributed by atoms with E-state index in [4.69, 9.17) is 0 Å². The van der Waals surface area contributed by atoms with Crippen LogP contribution >= 0.6 is 0 Å². The lowest BCUT2D eigenvalue weighted by Crippen LogP contribution is -2.57. The zero-order chi connectivity index (χ0) is 19.8. The third-order valence-corrected chi connectivity index (χ3v) is 5.41. The fraction of sp³-hybridized carbons (Fsp3) is 0.333. The first-order valence-electron chi connectivity index (χ1n) is 9.47. The molecule has 0 spiro atoms. The zero-order valence-electron chi connectivity index (χ0n) is 15.5. The molecular weight excluding hydrogens is 364 g/mol. The molecule has 2 heterocycles. The molecule has 0 bridgehead atoms. The van der Waals surface area contributed by atoms with Crippen molar-refractivity contribution in [2.45, 2.75) is 32.4 Å². The Kier molecular flexibility index (Phi) is 4.75. The minimum absolute atomic E-state index is 0.00281. The second kappa shape index (κ2) is 7.22. The van der Waals surface area contributed by atoms with Crippen molar-refractivity contribution >= 4 is 23.2 Å². The number of carbonyl (C=O) groups excluding carboxylic acids is 2. The minimum atomic E-state index is -1.02. The van der Waals surface area contributed by atoms with Crippen molar-refractivity contribution in [1.82, 2.24) is 4.90 Å². The van der Waals surface area contributed by atoms with Gasteiger partial charge < -0.3 is 15.1 Å². The van der Waals surface area contributed by atoms with Gasteiger partial charge in [0.05, 0.1) is 11.3 Å². The molecule has 5 nitrogen and oxygen atoms in total.